The van der Waals surface area contributed by atoms with Crippen LogP contribution in [0.1, 0.15) is 15.9 Å². The summed E-state index contributed by atoms with van der Waals surface area (Å²) in [5.74, 6) is -0.0350. The molecule has 0 aliphatic carbocycles. The van der Waals surface area contributed by atoms with E-state index in [-0.39, 0.29) is 5.78 Å². The summed E-state index contributed by atoms with van der Waals surface area (Å²) in [4.78, 5) is 12.0. The number of benzene rings is 1. The van der Waals surface area contributed by atoms with Gasteiger partial charge in [-0.2, -0.15) is 5.10 Å². The van der Waals surface area contributed by atoms with E-state index in [9.17, 15) is 4.79 Å². The molecule has 0 saturated carbocycles. The molecule has 4 nitrogen and oxygen atoms in total. The van der Waals surface area contributed by atoms with E-state index in [1.54, 1.807) is 29.1 Å². The third-order valence-electron chi connectivity index (χ3n) is 2.44. The lowest BCUT2D eigenvalue weighted by Crippen LogP contribution is -2.06. The highest BCUT2D eigenvalue weighted by Crippen LogP contribution is 2.19. The van der Waals surface area contributed by atoms with Gasteiger partial charge in [0, 0.05) is 35.9 Å². The fraction of sp³-hybridized carbons (Fsp3) is 0.167. The molecule has 0 bridgehead atoms. The van der Waals surface area contributed by atoms with Crippen LogP contribution >= 0.6 is 11.6 Å². The number of hydrogen-bond acceptors (Lipinski definition) is 3. The number of nitrogens with two attached hydrogens (primary N) is 1. The van der Waals surface area contributed by atoms with Crippen molar-refractivity contribution in [2.24, 2.45) is 7.05 Å². The number of nitrogens with zero attached hydrogens (tertiary/aromatic N) is 2. The first kappa shape index (κ1) is 11.7. The van der Waals surface area contributed by atoms with E-state index in [1.165, 1.54) is 0 Å². The van der Waals surface area contributed by atoms with E-state index < -0.39 is 0 Å². The molecule has 2 rings (SSSR count). The Morgan fingerprint density at radius 2 is 2.29 bits per heavy atom. The second-order valence-electron chi connectivity index (χ2n) is 3.85. The Bertz CT molecular complexity index is 563. The number of halogens is 1. The fourth-order valence-electron chi connectivity index (χ4n) is 1.63. The molecule has 1 heterocycles. The van der Waals surface area contributed by atoms with Crippen LogP contribution in [0.5, 0.6) is 0 Å². The number of carbonyl (C=O) groups is 1. The summed E-state index contributed by atoms with van der Waals surface area (Å²) >= 11 is 5.78. The zero-order chi connectivity index (χ0) is 12.4. The summed E-state index contributed by atoms with van der Waals surface area (Å²) in [5.41, 5.74) is 7.53. The first-order chi connectivity index (χ1) is 8.06. The molecule has 2 aromatic rings. The van der Waals surface area contributed by atoms with Crippen molar-refractivity contribution in [1.29, 1.82) is 0 Å². The first-order valence-electron chi connectivity index (χ1n) is 5.12. The number of nitrogen functional groups attached to an aromatic ring is 1. The third-order valence-corrected chi connectivity index (χ3v) is 2.67. The number of aromatic nitrogens is 2. The molecule has 0 amide bonds. The van der Waals surface area contributed by atoms with E-state index in [1.807, 2.05) is 13.2 Å². The topological polar surface area (TPSA) is 60.9 Å². The molecule has 0 fully saturated rings. The van der Waals surface area contributed by atoms with Crippen molar-refractivity contribution >= 4 is 23.1 Å². The normalized spacial score (nSPS) is 10.5. The van der Waals surface area contributed by atoms with Crippen LogP contribution in [0.2, 0.25) is 5.02 Å². The zero-order valence-corrected chi connectivity index (χ0v) is 10.1. The van der Waals surface area contributed by atoms with Crippen molar-refractivity contribution in [2.75, 3.05) is 5.73 Å². The Morgan fingerprint density at radius 3 is 2.88 bits per heavy atom. The Hall–Kier alpha value is -1.81. The van der Waals surface area contributed by atoms with Crippen LogP contribution in [0.4, 0.5) is 5.69 Å². The summed E-state index contributed by atoms with van der Waals surface area (Å²) in [5, 5.41) is 4.54. The number of ketones is 1. The SMILES string of the molecule is Cn1cc(CC(=O)c2ccc(Cl)cc2N)cn1. The molecule has 0 radical (unpaired) electrons. The van der Waals surface area contributed by atoms with Gasteiger partial charge in [-0.25, -0.2) is 0 Å². The van der Waals surface area contributed by atoms with E-state index >= 15 is 0 Å². The molecule has 0 aliphatic rings. The van der Waals surface area contributed by atoms with Gasteiger partial charge in [0.1, 0.15) is 0 Å². The van der Waals surface area contributed by atoms with Crippen molar-refractivity contribution in [1.82, 2.24) is 9.78 Å². The molecule has 2 N–H and O–H groups in total. The van der Waals surface area contributed by atoms with Crippen molar-refractivity contribution in [3.63, 3.8) is 0 Å². The largest absolute Gasteiger partial charge is 0.398 e. The lowest BCUT2D eigenvalue weighted by Gasteiger charge is -2.04. The molecule has 0 saturated heterocycles. The summed E-state index contributed by atoms with van der Waals surface area (Å²) in [7, 11) is 1.81. The van der Waals surface area contributed by atoms with Crippen molar-refractivity contribution in [3.8, 4) is 0 Å². The molecule has 0 atom stereocenters. The van der Waals surface area contributed by atoms with Gasteiger partial charge in [0.05, 0.1) is 6.20 Å². The van der Waals surface area contributed by atoms with E-state index in [2.05, 4.69) is 5.10 Å². The monoisotopic (exact) mass is 249 g/mol. The first-order valence-corrected chi connectivity index (χ1v) is 5.50. The summed E-state index contributed by atoms with van der Waals surface area (Å²) in [6.07, 6.45) is 3.77. The minimum atomic E-state index is -0.0350. The Balaban J connectivity index is 2.20. The van der Waals surface area contributed by atoms with Gasteiger partial charge < -0.3 is 5.73 Å². The average molecular weight is 250 g/mol. The molecule has 1 aromatic carbocycles. The van der Waals surface area contributed by atoms with Gasteiger partial charge in [-0.15, -0.1) is 0 Å². The number of carbonyl (C=O) groups excluding carboxylic acids is 1. The second-order valence-corrected chi connectivity index (χ2v) is 4.29. The standard InChI is InChI=1S/C12H12ClN3O/c1-16-7-8(6-15-16)4-12(17)10-3-2-9(13)5-11(10)14/h2-3,5-7H,4,14H2,1H3. The van der Waals surface area contributed by atoms with Crippen LogP contribution in [0.15, 0.2) is 30.6 Å². The van der Waals surface area contributed by atoms with Crippen LogP contribution < -0.4 is 5.73 Å². The van der Waals surface area contributed by atoms with Crippen molar-refractivity contribution < 1.29 is 4.79 Å². The highest BCUT2D eigenvalue weighted by Gasteiger charge is 2.11. The Kier molecular flexibility index (Phi) is 3.15. The molecule has 0 spiro atoms. The zero-order valence-electron chi connectivity index (χ0n) is 9.35. The maximum atomic E-state index is 12.0. The molecular formula is C12H12ClN3O. The highest BCUT2D eigenvalue weighted by atomic mass is 35.5. The fourth-order valence-corrected chi connectivity index (χ4v) is 1.81. The van der Waals surface area contributed by atoms with Gasteiger partial charge in [-0.05, 0) is 23.8 Å². The molecular weight excluding hydrogens is 238 g/mol. The van der Waals surface area contributed by atoms with Gasteiger partial charge in [0.25, 0.3) is 0 Å². The summed E-state index contributed by atoms with van der Waals surface area (Å²) < 4.78 is 1.66. The number of Topliss-reactive ketones (excluding diaryl/α,β-unsaturated/α-hetero) is 1. The molecule has 5 heteroatoms. The lowest BCUT2D eigenvalue weighted by atomic mass is 10.0. The molecule has 0 aliphatic heterocycles. The number of rotatable bonds is 3. The number of aryl methyl sites for hydroxylation is 1. The second kappa shape index (κ2) is 4.59. The molecule has 1 aromatic heterocycles. The Morgan fingerprint density at radius 1 is 1.53 bits per heavy atom. The van der Waals surface area contributed by atoms with Gasteiger partial charge in [-0.3, -0.25) is 9.48 Å². The van der Waals surface area contributed by atoms with Crippen molar-refractivity contribution in [2.45, 2.75) is 6.42 Å². The minimum Gasteiger partial charge on any atom is -0.398 e. The quantitative estimate of drug-likeness (QED) is 0.669. The van der Waals surface area contributed by atoms with Gasteiger partial charge in [-0.1, -0.05) is 11.6 Å². The van der Waals surface area contributed by atoms with Crippen LogP contribution in [0, 0.1) is 0 Å². The van der Waals surface area contributed by atoms with Crippen LogP contribution in [0.3, 0.4) is 0 Å². The maximum Gasteiger partial charge on any atom is 0.169 e. The van der Waals surface area contributed by atoms with Crippen molar-refractivity contribution in [3.05, 3.63) is 46.7 Å². The third kappa shape index (κ3) is 2.65. The average Bonchev–Trinajstić information content (AvgIpc) is 2.63. The molecule has 88 valence electrons. The summed E-state index contributed by atoms with van der Waals surface area (Å²) in [6.45, 7) is 0. The summed E-state index contributed by atoms with van der Waals surface area (Å²) in [6, 6.07) is 4.89. The minimum absolute atomic E-state index is 0.0350. The number of hydrogen-bond donors (Lipinski definition) is 1. The highest BCUT2D eigenvalue weighted by molar-refractivity contribution is 6.31. The predicted octanol–water partition coefficient (Wildman–Crippen LogP) is 2.08. The Labute approximate surface area is 104 Å². The van der Waals surface area contributed by atoms with E-state index in [4.69, 9.17) is 17.3 Å². The van der Waals surface area contributed by atoms with Crippen LogP contribution in [-0.4, -0.2) is 15.6 Å². The van der Waals surface area contributed by atoms with Gasteiger partial charge in [0.2, 0.25) is 0 Å². The van der Waals surface area contributed by atoms with Crippen LogP contribution in [-0.2, 0) is 13.5 Å². The van der Waals surface area contributed by atoms with Gasteiger partial charge in [0.15, 0.2) is 5.78 Å². The molecule has 0 unspecified atom stereocenters. The molecule has 17 heavy (non-hydrogen) atoms. The lowest BCUT2D eigenvalue weighted by molar-refractivity contribution is 0.0994. The smallest absolute Gasteiger partial charge is 0.169 e. The van der Waals surface area contributed by atoms with E-state index in [0.29, 0.717) is 22.7 Å². The maximum absolute atomic E-state index is 12.0. The van der Waals surface area contributed by atoms with Gasteiger partial charge >= 0.3 is 0 Å². The van der Waals surface area contributed by atoms with Crippen LogP contribution in [0.25, 0.3) is 0 Å². The van der Waals surface area contributed by atoms with E-state index in [0.717, 1.165) is 5.56 Å². The predicted molar refractivity (Wildman–Crippen MR) is 67.1 cm³/mol. The number of anilines is 1.